The monoisotopic (exact) mass is 472 g/mol. The van der Waals surface area contributed by atoms with Crippen LogP contribution in [0.2, 0.25) is 0 Å². The minimum atomic E-state index is -3.82. The number of nitrogens with zero attached hydrogens (tertiary/aromatic N) is 4. The molecule has 1 N–H and O–H groups in total. The predicted octanol–water partition coefficient (Wildman–Crippen LogP) is 3.50. The molecule has 10 heteroatoms. The fraction of sp³-hybridized carbons (Fsp3) is 0.391. The highest BCUT2D eigenvalue weighted by Gasteiger charge is 2.38. The van der Waals surface area contributed by atoms with E-state index in [2.05, 4.69) is 4.98 Å². The van der Waals surface area contributed by atoms with Crippen molar-refractivity contribution in [2.45, 2.75) is 31.7 Å². The Morgan fingerprint density at radius 2 is 1.82 bits per heavy atom. The van der Waals surface area contributed by atoms with Gasteiger partial charge in [-0.25, -0.2) is 22.2 Å². The number of piperazine rings is 1. The van der Waals surface area contributed by atoms with Crippen molar-refractivity contribution in [3.8, 4) is 5.75 Å². The average molecular weight is 473 g/mol. The van der Waals surface area contributed by atoms with Gasteiger partial charge in [0.25, 0.3) is 10.0 Å². The summed E-state index contributed by atoms with van der Waals surface area (Å²) in [4.78, 5) is 20.0. The van der Waals surface area contributed by atoms with E-state index in [1.807, 2.05) is 25.7 Å². The fourth-order valence-corrected chi connectivity index (χ4v) is 5.64. The molecule has 33 heavy (non-hydrogen) atoms. The molecular formula is C23H28N4O5S. The number of fused-ring (bicyclic) bond motifs is 1. The highest BCUT2D eigenvalue weighted by atomic mass is 32.2. The van der Waals surface area contributed by atoms with E-state index in [1.165, 1.54) is 34.3 Å². The Kier molecular flexibility index (Phi) is 5.73. The van der Waals surface area contributed by atoms with E-state index in [1.54, 1.807) is 30.5 Å². The smallest absolute Gasteiger partial charge is 0.407 e. The first kappa shape index (κ1) is 22.9. The lowest BCUT2D eigenvalue weighted by Gasteiger charge is -2.46. The number of carbonyl (C=O) groups is 1. The second kappa shape index (κ2) is 8.26. The van der Waals surface area contributed by atoms with Gasteiger partial charge in [-0.2, -0.15) is 0 Å². The summed E-state index contributed by atoms with van der Waals surface area (Å²) in [6.07, 6.45) is 2.19. The van der Waals surface area contributed by atoms with Crippen LogP contribution in [0.1, 0.15) is 20.8 Å². The molecule has 0 saturated carbocycles. The molecule has 0 spiro atoms. The molecule has 176 valence electrons. The van der Waals surface area contributed by atoms with Crippen molar-refractivity contribution in [1.82, 2.24) is 13.9 Å². The van der Waals surface area contributed by atoms with Gasteiger partial charge in [0.2, 0.25) is 0 Å². The number of ether oxygens (including phenoxy) is 1. The second-order valence-electron chi connectivity index (χ2n) is 9.16. The summed E-state index contributed by atoms with van der Waals surface area (Å²) in [5.74, 6) is 1.22. The maximum Gasteiger partial charge on any atom is 0.407 e. The summed E-state index contributed by atoms with van der Waals surface area (Å²) < 4.78 is 33.0. The number of carboxylic acid groups (broad SMARTS) is 1. The molecule has 2 aromatic heterocycles. The number of anilines is 1. The Morgan fingerprint density at radius 3 is 2.42 bits per heavy atom. The van der Waals surface area contributed by atoms with Gasteiger partial charge >= 0.3 is 6.09 Å². The molecular weight excluding hydrogens is 444 g/mol. The summed E-state index contributed by atoms with van der Waals surface area (Å²) in [5.41, 5.74) is 0.248. The molecule has 0 radical (unpaired) electrons. The van der Waals surface area contributed by atoms with Gasteiger partial charge in [-0.1, -0.05) is 20.8 Å². The van der Waals surface area contributed by atoms with E-state index in [4.69, 9.17) is 4.74 Å². The van der Waals surface area contributed by atoms with Crippen molar-refractivity contribution >= 4 is 32.8 Å². The first-order valence-corrected chi connectivity index (χ1v) is 12.1. The van der Waals surface area contributed by atoms with E-state index in [-0.39, 0.29) is 16.4 Å². The quantitative estimate of drug-likeness (QED) is 0.620. The van der Waals surface area contributed by atoms with Gasteiger partial charge in [0.15, 0.2) is 0 Å². The van der Waals surface area contributed by atoms with Gasteiger partial charge in [0, 0.05) is 37.4 Å². The maximum atomic E-state index is 13.3. The minimum Gasteiger partial charge on any atom is -0.497 e. The summed E-state index contributed by atoms with van der Waals surface area (Å²) in [7, 11) is -2.29. The Hall–Kier alpha value is -3.27. The average Bonchev–Trinajstić information content (AvgIpc) is 3.23. The normalized spacial score (nSPS) is 17.4. The number of methoxy groups -OCH3 is 1. The molecule has 1 fully saturated rings. The van der Waals surface area contributed by atoms with E-state index in [9.17, 15) is 18.3 Å². The fourth-order valence-electron chi connectivity index (χ4n) is 4.30. The Labute approximate surface area is 193 Å². The summed E-state index contributed by atoms with van der Waals surface area (Å²) in [5, 5.41) is 10.3. The van der Waals surface area contributed by atoms with Crippen LogP contribution in [0.4, 0.5) is 10.6 Å². The van der Waals surface area contributed by atoms with Crippen molar-refractivity contribution in [3.63, 3.8) is 0 Å². The number of pyridine rings is 1. The molecule has 1 aromatic carbocycles. The van der Waals surface area contributed by atoms with E-state index >= 15 is 0 Å². The van der Waals surface area contributed by atoms with Crippen LogP contribution in [0.15, 0.2) is 53.7 Å². The molecule has 1 atom stereocenters. The molecule has 0 bridgehead atoms. The van der Waals surface area contributed by atoms with E-state index in [0.717, 1.165) is 0 Å². The third-order valence-electron chi connectivity index (χ3n) is 6.10. The van der Waals surface area contributed by atoms with Gasteiger partial charge in [-0.3, -0.25) is 0 Å². The lowest BCUT2D eigenvalue weighted by Crippen LogP contribution is -2.59. The van der Waals surface area contributed by atoms with Gasteiger partial charge in [-0.15, -0.1) is 0 Å². The van der Waals surface area contributed by atoms with E-state index < -0.39 is 16.1 Å². The molecule has 1 amide bonds. The highest BCUT2D eigenvalue weighted by Crippen LogP contribution is 2.33. The second-order valence-corrected chi connectivity index (χ2v) is 11.0. The highest BCUT2D eigenvalue weighted by molar-refractivity contribution is 7.90. The van der Waals surface area contributed by atoms with Crippen molar-refractivity contribution in [1.29, 1.82) is 0 Å². The molecule has 3 aromatic rings. The van der Waals surface area contributed by atoms with Crippen molar-refractivity contribution in [2.24, 2.45) is 5.41 Å². The van der Waals surface area contributed by atoms with Gasteiger partial charge < -0.3 is 19.6 Å². The van der Waals surface area contributed by atoms with Crippen LogP contribution < -0.4 is 9.64 Å². The summed E-state index contributed by atoms with van der Waals surface area (Å²) >= 11 is 0. The third-order valence-corrected chi connectivity index (χ3v) is 7.81. The molecule has 1 saturated heterocycles. The van der Waals surface area contributed by atoms with Crippen LogP contribution in [0.3, 0.4) is 0 Å². The first-order valence-electron chi connectivity index (χ1n) is 10.6. The zero-order chi connectivity index (χ0) is 24.0. The van der Waals surface area contributed by atoms with Crippen molar-refractivity contribution in [2.75, 3.05) is 31.6 Å². The minimum absolute atomic E-state index is 0.155. The van der Waals surface area contributed by atoms with Gasteiger partial charge in [0.05, 0.1) is 23.6 Å². The summed E-state index contributed by atoms with van der Waals surface area (Å²) in [6.45, 7) is 7.34. The lowest BCUT2D eigenvalue weighted by atomic mass is 9.84. The molecule has 1 aliphatic rings. The Balaban J connectivity index is 1.73. The van der Waals surface area contributed by atoms with Crippen LogP contribution in [0, 0.1) is 5.41 Å². The molecule has 1 unspecified atom stereocenters. The Bertz CT molecular complexity index is 1280. The van der Waals surface area contributed by atoms with Crippen LogP contribution in [0.5, 0.6) is 5.75 Å². The predicted molar refractivity (Wildman–Crippen MR) is 125 cm³/mol. The van der Waals surface area contributed by atoms with Gasteiger partial charge in [-0.05, 0) is 41.8 Å². The van der Waals surface area contributed by atoms with Crippen LogP contribution in [-0.2, 0) is 10.0 Å². The lowest BCUT2D eigenvalue weighted by molar-refractivity contribution is 0.0747. The SMILES string of the molecule is COc1ccc(S(=O)(=O)n2ccc3c(N4CCN(C(=O)O)C(C(C)(C)C)C4)nccc32)cc1. The number of rotatable bonds is 4. The molecule has 1 aliphatic heterocycles. The van der Waals surface area contributed by atoms with Crippen LogP contribution >= 0.6 is 0 Å². The topological polar surface area (TPSA) is 105 Å². The van der Waals surface area contributed by atoms with Crippen molar-refractivity contribution in [3.05, 3.63) is 48.8 Å². The molecule has 0 aliphatic carbocycles. The molecule has 4 rings (SSSR count). The van der Waals surface area contributed by atoms with Crippen LogP contribution in [-0.4, -0.2) is 66.3 Å². The zero-order valence-electron chi connectivity index (χ0n) is 19.1. The third kappa shape index (κ3) is 4.10. The van der Waals surface area contributed by atoms with Crippen molar-refractivity contribution < 1.29 is 23.1 Å². The molecule has 9 nitrogen and oxygen atoms in total. The van der Waals surface area contributed by atoms with Gasteiger partial charge in [0.1, 0.15) is 11.6 Å². The van der Waals surface area contributed by atoms with Crippen LogP contribution in [0.25, 0.3) is 10.9 Å². The first-order chi connectivity index (χ1) is 15.5. The number of hydrogen-bond acceptors (Lipinski definition) is 6. The number of benzene rings is 1. The zero-order valence-corrected chi connectivity index (χ0v) is 19.9. The number of hydrogen-bond donors (Lipinski definition) is 1. The Morgan fingerprint density at radius 1 is 1.12 bits per heavy atom. The maximum absolute atomic E-state index is 13.3. The van der Waals surface area contributed by atoms with E-state index in [0.29, 0.717) is 42.1 Å². The summed E-state index contributed by atoms with van der Waals surface area (Å²) in [6, 6.07) is 9.44. The molecule has 3 heterocycles. The largest absolute Gasteiger partial charge is 0.497 e. The number of aromatic nitrogens is 2. The standard InChI is InChI=1S/C23H28N4O5S/c1-23(2,3)20-15-25(13-14-26(20)22(28)29)21-18-10-12-27(19(18)9-11-24-21)33(30,31)17-7-5-16(32-4)6-8-17/h5-12,20H,13-15H2,1-4H3,(H,28,29). The number of amides is 1.